The summed E-state index contributed by atoms with van der Waals surface area (Å²) in [4.78, 5) is 48.8. The summed E-state index contributed by atoms with van der Waals surface area (Å²) >= 11 is 2.46. The van der Waals surface area contributed by atoms with Gasteiger partial charge in [-0.15, -0.1) is 0 Å². The summed E-state index contributed by atoms with van der Waals surface area (Å²) in [7, 11) is 0. The van der Waals surface area contributed by atoms with E-state index < -0.39 is 12.1 Å². The molecule has 2 amide bonds. The van der Waals surface area contributed by atoms with E-state index in [9.17, 15) is 19.2 Å². The Balaban J connectivity index is 2.00. The van der Waals surface area contributed by atoms with Crippen molar-refractivity contribution in [2.75, 3.05) is 11.5 Å². The van der Waals surface area contributed by atoms with E-state index in [0.717, 1.165) is 0 Å². The van der Waals surface area contributed by atoms with Crippen molar-refractivity contribution in [1.82, 2.24) is 4.90 Å². The van der Waals surface area contributed by atoms with Gasteiger partial charge < -0.3 is 10.6 Å². The van der Waals surface area contributed by atoms with Gasteiger partial charge in [-0.05, 0) is 25.7 Å². The van der Waals surface area contributed by atoms with E-state index in [2.05, 4.69) is 0 Å². The molecule has 2 aliphatic rings. The van der Waals surface area contributed by atoms with Gasteiger partial charge in [0.1, 0.15) is 12.1 Å². The predicted octanol–water partition coefficient (Wildman–Crippen LogP) is 0.925. The third kappa shape index (κ3) is 4.25. The number of carbonyl (C=O) groups is 4. The number of rotatable bonds is 7. The fourth-order valence-corrected chi connectivity index (χ4v) is 4.68. The Morgan fingerprint density at radius 1 is 1.00 bits per heavy atom. The van der Waals surface area contributed by atoms with Crippen LogP contribution in [0.25, 0.3) is 0 Å². The van der Waals surface area contributed by atoms with Crippen LogP contribution in [0.1, 0.15) is 38.5 Å². The second kappa shape index (κ2) is 8.01. The number of amides is 2. The van der Waals surface area contributed by atoms with Crippen LogP contribution in [0, 0.1) is 0 Å². The fourth-order valence-electron chi connectivity index (χ4n) is 2.75. The van der Waals surface area contributed by atoms with E-state index in [0.29, 0.717) is 37.2 Å². The van der Waals surface area contributed by atoms with E-state index in [1.165, 1.54) is 28.4 Å². The van der Waals surface area contributed by atoms with Crippen molar-refractivity contribution in [3.05, 3.63) is 0 Å². The second-order valence-corrected chi connectivity index (χ2v) is 7.62. The molecule has 2 saturated heterocycles. The van der Waals surface area contributed by atoms with Gasteiger partial charge in [0.05, 0.1) is 0 Å². The van der Waals surface area contributed by atoms with Crippen LogP contribution in [0.15, 0.2) is 0 Å². The number of hydrogen-bond donors (Lipinski definition) is 1. The molecule has 22 heavy (non-hydrogen) atoms. The standard InChI is InChI=1S/C14H20N2O4S2/c15-11(17)3-1-2-4-12(18)16(9-5-7-21-13(9)19)10-6-8-22-14(10)20/h9-10H,1-8H2,(H2,15,17). The molecule has 0 bridgehead atoms. The number of nitrogens with zero attached hydrogens (tertiary/aromatic N) is 1. The van der Waals surface area contributed by atoms with Crippen molar-refractivity contribution in [3.8, 4) is 0 Å². The Labute approximate surface area is 137 Å². The first-order chi connectivity index (χ1) is 10.5. The van der Waals surface area contributed by atoms with Crippen molar-refractivity contribution in [2.24, 2.45) is 5.73 Å². The van der Waals surface area contributed by atoms with Crippen LogP contribution in [0.3, 0.4) is 0 Å². The van der Waals surface area contributed by atoms with Crippen LogP contribution in [0.4, 0.5) is 0 Å². The first-order valence-electron chi connectivity index (χ1n) is 7.43. The van der Waals surface area contributed by atoms with Crippen molar-refractivity contribution >= 4 is 45.6 Å². The van der Waals surface area contributed by atoms with Gasteiger partial charge in [0.15, 0.2) is 0 Å². The van der Waals surface area contributed by atoms with Gasteiger partial charge in [0, 0.05) is 24.3 Å². The average molecular weight is 344 g/mol. The summed E-state index contributed by atoms with van der Waals surface area (Å²) < 4.78 is 0. The Morgan fingerprint density at radius 3 is 1.91 bits per heavy atom. The molecule has 8 heteroatoms. The molecule has 2 fully saturated rings. The van der Waals surface area contributed by atoms with E-state index in [-0.39, 0.29) is 34.9 Å². The molecule has 2 heterocycles. The highest BCUT2D eigenvalue weighted by Gasteiger charge is 2.42. The molecule has 0 aromatic rings. The van der Waals surface area contributed by atoms with Crippen LogP contribution in [0.2, 0.25) is 0 Å². The highest BCUT2D eigenvalue weighted by atomic mass is 32.2. The first kappa shape index (κ1) is 17.3. The average Bonchev–Trinajstić information content (AvgIpc) is 3.06. The molecule has 0 saturated carbocycles. The Morgan fingerprint density at radius 2 is 1.50 bits per heavy atom. The lowest BCUT2D eigenvalue weighted by Gasteiger charge is -2.32. The number of thioether (sulfide) groups is 2. The van der Waals surface area contributed by atoms with Gasteiger partial charge in [-0.2, -0.15) is 0 Å². The smallest absolute Gasteiger partial charge is 0.223 e. The molecule has 122 valence electrons. The normalized spacial score (nSPS) is 24.7. The van der Waals surface area contributed by atoms with E-state index in [4.69, 9.17) is 5.73 Å². The van der Waals surface area contributed by atoms with Crippen LogP contribution < -0.4 is 5.73 Å². The lowest BCUT2D eigenvalue weighted by atomic mass is 10.1. The molecular formula is C14H20N2O4S2. The minimum atomic E-state index is -0.471. The highest BCUT2D eigenvalue weighted by molar-refractivity contribution is 8.14. The Bertz CT molecular complexity index is 457. The molecule has 0 aromatic carbocycles. The number of nitrogens with two attached hydrogens (primary N) is 1. The van der Waals surface area contributed by atoms with Gasteiger partial charge in [-0.1, -0.05) is 23.5 Å². The van der Waals surface area contributed by atoms with Crippen LogP contribution >= 0.6 is 23.5 Å². The van der Waals surface area contributed by atoms with Crippen LogP contribution in [0.5, 0.6) is 0 Å². The molecule has 0 spiro atoms. The summed E-state index contributed by atoms with van der Waals surface area (Å²) in [6.45, 7) is 0. The minimum Gasteiger partial charge on any atom is -0.370 e. The van der Waals surface area contributed by atoms with Gasteiger partial charge in [-0.3, -0.25) is 19.2 Å². The summed E-state index contributed by atoms with van der Waals surface area (Å²) in [5, 5.41) is -0.0367. The fraction of sp³-hybridized carbons (Fsp3) is 0.714. The summed E-state index contributed by atoms with van der Waals surface area (Å²) in [5.74, 6) is 0.853. The number of primary amides is 1. The molecule has 2 rings (SSSR count). The van der Waals surface area contributed by atoms with Gasteiger partial charge in [-0.25, -0.2) is 0 Å². The third-order valence-electron chi connectivity index (χ3n) is 3.84. The molecular weight excluding hydrogens is 324 g/mol. The lowest BCUT2D eigenvalue weighted by molar-refractivity contribution is -0.142. The topological polar surface area (TPSA) is 97.5 Å². The van der Waals surface area contributed by atoms with Crippen molar-refractivity contribution in [2.45, 2.75) is 50.6 Å². The van der Waals surface area contributed by atoms with E-state index in [1.807, 2.05) is 0 Å². The third-order valence-corrected chi connectivity index (χ3v) is 5.83. The molecule has 0 radical (unpaired) electrons. The lowest BCUT2D eigenvalue weighted by Crippen LogP contribution is -2.50. The maximum absolute atomic E-state index is 12.5. The van der Waals surface area contributed by atoms with Gasteiger partial charge in [0.2, 0.25) is 22.0 Å². The van der Waals surface area contributed by atoms with E-state index >= 15 is 0 Å². The summed E-state index contributed by atoms with van der Waals surface area (Å²) in [5.41, 5.74) is 5.08. The van der Waals surface area contributed by atoms with Crippen LogP contribution in [-0.4, -0.2) is 50.5 Å². The number of unbranched alkanes of at least 4 members (excludes halogenated alkanes) is 1. The molecule has 2 N–H and O–H groups in total. The number of hydrogen-bond acceptors (Lipinski definition) is 6. The summed E-state index contributed by atoms with van der Waals surface area (Å²) in [6, 6.07) is -0.942. The monoisotopic (exact) mass is 344 g/mol. The minimum absolute atomic E-state index is 0.0183. The summed E-state index contributed by atoms with van der Waals surface area (Å²) in [6.07, 6.45) is 2.83. The Kier molecular flexibility index (Phi) is 6.31. The molecule has 2 aliphatic heterocycles. The molecule has 0 aliphatic carbocycles. The maximum Gasteiger partial charge on any atom is 0.223 e. The SMILES string of the molecule is NC(=O)CCCCC(=O)N(C1CCSC1=O)C1CCSC1=O. The largest absolute Gasteiger partial charge is 0.370 e. The first-order valence-corrected chi connectivity index (χ1v) is 9.40. The van der Waals surface area contributed by atoms with Crippen LogP contribution in [-0.2, 0) is 19.2 Å². The zero-order valence-electron chi connectivity index (χ0n) is 12.3. The van der Waals surface area contributed by atoms with Gasteiger partial charge >= 0.3 is 0 Å². The van der Waals surface area contributed by atoms with Crippen molar-refractivity contribution in [3.63, 3.8) is 0 Å². The zero-order chi connectivity index (χ0) is 16.1. The maximum atomic E-state index is 12.5. The highest BCUT2D eigenvalue weighted by Crippen LogP contribution is 2.32. The Hall–Kier alpha value is -1.02. The number of carbonyl (C=O) groups excluding carboxylic acids is 4. The zero-order valence-corrected chi connectivity index (χ0v) is 13.9. The molecule has 2 atom stereocenters. The van der Waals surface area contributed by atoms with E-state index in [1.54, 1.807) is 0 Å². The molecule has 6 nitrogen and oxygen atoms in total. The molecule has 2 unspecified atom stereocenters. The molecule has 0 aromatic heterocycles. The second-order valence-electron chi connectivity index (χ2n) is 5.42. The van der Waals surface area contributed by atoms with Gasteiger partial charge in [0.25, 0.3) is 0 Å². The van der Waals surface area contributed by atoms with Crippen molar-refractivity contribution < 1.29 is 19.2 Å². The quantitative estimate of drug-likeness (QED) is 0.690. The predicted molar refractivity (Wildman–Crippen MR) is 86.2 cm³/mol. The van der Waals surface area contributed by atoms with Crippen molar-refractivity contribution in [1.29, 1.82) is 0 Å².